The molecule has 5 N–H and O–H groups in total. The summed E-state index contributed by atoms with van der Waals surface area (Å²) in [7, 11) is 0. The lowest BCUT2D eigenvalue weighted by Crippen LogP contribution is -2.36. The van der Waals surface area contributed by atoms with Crippen LogP contribution in [0.15, 0.2) is 55.6 Å². The van der Waals surface area contributed by atoms with Gasteiger partial charge in [0.15, 0.2) is 5.75 Å². The zero-order valence-electron chi connectivity index (χ0n) is 19.8. The van der Waals surface area contributed by atoms with Crippen LogP contribution in [0.3, 0.4) is 0 Å². The van der Waals surface area contributed by atoms with Crippen molar-refractivity contribution >= 4 is 35.8 Å². The number of hydrogen-bond donors (Lipinski definition) is 4. The van der Waals surface area contributed by atoms with Gasteiger partial charge in [-0.25, -0.2) is 0 Å². The topological polar surface area (TPSA) is 95.6 Å². The fraction of sp³-hybridized carbons (Fsp3) is 0.261. The van der Waals surface area contributed by atoms with Crippen molar-refractivity contribution in [2.45, 2.75) is 25.3 Å². The second kappa shape index (κ2) is 12.3. The SMILES string of the molecule is Cl.[2H]c1cc(CC=C)c([2H])c(-c2cc(CC=C)c(O)c(NC(=O)C(N)CCSC)c2O)c1[2H]. The second-order valence-corrected chi connectivity index (χ2v) is 7.44. The van der Waals surface area contributed by atoms with Crippen molar-refractivity contribution in [1.29, 1.82) is 0 Å². The van der Waals surface area contributed by atoms with E-state index in [1.54, 1.807) is 23.9 Å². The number of nitrogens with one attached hydrogen (secondary N) is 1. The Hall–Kier alpha value is -2.41. The molecular weight excluding hydrogens is 420 g/mol. The van der Waals surface area contributed by atoms with Crippen molar-refractivity contribution < 1.29 is 19.1 Å². The molecule has 0 aromatic heterocycles. The number of nitrogens with two attached hydrogens (primary N) is 1. The first-order valence-corrected chi connectivity index (χ1v) is 10.5. The summed E-state index contributed by atoms with van der Waals surface area (Å²) in [5.41, 5.74) is 6.56. The van der Waals surface area contributed by atoms with E-state index in [0.717, 1.165) is 0 Å². The van der Waals surface area contributed by atoms with E-state index in [9.17, 15) is 15.0 Å². The number of aromatic hydroxyl groups is 2. The minimum atomic E-state index is -0.845. The molecule has 1 atom stereocenters. The number of phenolic OH excluding ortho intramolecular Hbond substituents is 2. The summed E-state index contributed by atoms with van der Waals surface area (Å²) in [5, 5.41) is 24.2. The standard InChI is InChI=1S/C23H28N2O3S.ClH/c1-4-7-15-9-6-10-16(13-15)18-14-17(8-5-2)21(26)20(22(18)27)25-23(28)19(24)11-12-29-3;/h4-6,9-10,13-14,19,26-27H,1-2,7-8,11-12,24H2,3H3,(H,25,28);1H/i6D,10D,13D;. The summed E-state index contributed by atoms with van der Waals surface area (Å²) in [5.74, 6) is -0.757. The molecule has 5 nitrogen and oxygen atoms in total. The van der Waals surface area contributed by atoms with Crippen LogP contribution in [0.25, 0.3) is 11.1 Å². The predicted molar refractivity (Wildman–Crippen MR) is 130 cm³/mol. The van der Waals surface area contributed by atoms with Crippen LogP contribution < -0.4 is 11.1 Å². The number of rotatable bonds is 10. The number of hydrogen-bond acceptors (Lipinski definition) is 5. The van der Waals surface area contributed by atoms with E-state index in [0.29, 0.717) is 29.7 Å². The van der Waals surface area contributed by atoms with Crippen LogP contribution in [0.4, 0.5) is 5.69 Å². The molecule has 1 amide bonds. The molecule has 0 aliphatic carbocycles. The number of anilines is 1. The van der Waals surface area contributed by atoms with Crippen LogP contribution in [-0.2, 0) is 17.6 Å². The van der Waals surface area contributed by atoms with Crippen molar-refractivity contribution in [1.82, 2.24) is 0 Å². The highest BCUT2D eigenvalue weighted by Gasteiger charge is 2.22. The third kappa shape index (κ3) is 6.29. The smallest absolute Gasteiger partial charge is 0.241 e. The Morgan fingerprint density at radius 3 is 2.67 bits per heavy atom. The highest BCUT2D eigenvalue weighted by Crippen LogP contribution is 2.44. The van der Waals surface area contributed by atoms with Gasteiger partial charge in [-0.3, -0.25) is 4.79 Å². The van der Waals surface area contributed by atoms with Crippen LogP contribution in [0, 0.1) is 0 Å². The molecule has 0 aliphatic heterocycles. The molecule has 30 heavy (non-hydrogen) atoms. The Kier molecular flexibility index (Phi) is 8.56. The Morgan fingerprint density at radius 1 is 1.33 bits per heavy atom. The lowest BCUT2D eigenvalue weighted by atomic mass is 9.96. The number of amides is 1. The highest BCUT2D eigenvalue weighted by molar-refractivity contribution is 7.98. The number of carbonyl (C=O) groups is 1. The summed E-state index contributed by atoms with van der Waals surface area (Å²) >= 11 is 1.54. The van der Waals surface area contributed by atoms with E-state index >= 15 is 0 Å². The zero-order valence-corrected chi connectivity index (χ0v) is 18.5. The van der Waals surface area contributed by atoms with Gasteiger partial charge in [-0.1, -0.05) is 36.3 Å². The Balaban J connectivity index is 0.00000544. The third-order valence-corrected chi connectivity index (χ3v) is 4.94. The van der Waals surface area contributed by atoms with Gasteiger partial charge in [-0.2, -0.15) is 11.8 Å². The Labute approximate surface area is 192 Å². The fourth-order valence-corrected chi connectivity index (χ4v) is 3.24. The van der Waals surface area contributed by atoms with Crippen LogP contribution in [0.5, 0.6) is 11.5 Å². The van der Waals surface area contributed by atoms with Gasteiger partial charge in [0.25, 0.3) is 0 Å². The second-order valence-electron chi connectivity index (χ2n) is 6.46. The van der Waals surface area contributed by atoms with Crippen LogP contribution in [0.2, 0.25) is 0 Å². The maximum atomic E-state index is 12.6. The van der Waals surface area contributed by atoms with E-state index in [1.807, 2.05) is 6.26 Å². The zero-order chi connectivity index (χ0) is 24.0. The summed E-state index contributed by atoms with van der Waals surface area (Å²) in [6.07, 6.45) is 5.95. The molecule has 0 fully saturated rings. The van der Waals surface area contributed by atoms with Crippen molar-refractivity contribution in [2.24, 2.45) is 5.73 Å². The summed E-state index contributed by atoms with van der Waals surface area (Å²) in [6.45, 7) is 7.32. The molecule has 162 valence electrons. The average molecular weight is 452 g/mol. The normalized spacial score (nSPS) is 12.7. The molecule has 2 aromatic rings. The summed E-state index contributed by atoms with van der Waals surface area (Å²) < 4.78 is 25.0. The van der Waals surface area contributed by atoms with Crippen LogP contribution in [0.1, 0.15) is 21.7 Å². The third-order valence-electron chi connectivity index (χ3n) is 4.30. The predicted octanol–water partition coefficient (Wildman–Crippen LogP) is 4.66. The number of halogens is 1. The van der Waals surface area contributed by atoms with Crippen molar-refractivity contribution in [3.05, 3.63) is 66.7 Å². The lowest BCUT2D eigenvalue weighted by Gasteiger charge is -2.18. The average Bonchev–Trinajstić information content (AvgIpc) is 2.76. The van der Waals surface area contributed by atoms with Crippen LogP contribution in [-0.4, -0.2) is 34.2 Å². The minimum Gasteiger partial charge on any atom is -0.505 e. The molecule has 0 saturated carbocycles. The number of allylic oxidation sites excluding steroid dienone is 2. The number of thioether (sulfide) groups is 1. The van der Waals surface area contributed by atoms with E-state index in [1.165, 1.54) is 12.1 Å². The molecule has 7 heteroatoms. The molecule has 0 saturated heterocycles. The van der Waals surface area contributed by atoms with Crippen molar-refractivity contribution in [3.8, 4) is 22.6 Å². The monoisotopic (exact) mass is 451 g/mol. The van der Waals surface area contributed by atoms with Gasteiger partial charge in [0.05, 0.1) is 10.2 Å². The first-order valence-electron chi connectivity index (χ1n) is 10.6. The van der Waals surface area contributed by atoms with Gasteiger partial charge in [0.1, 0.15) is 11.4 Å². The van der Waals surface area contributed by atoms with Gasteiger partial charge in [0, 0.05) is 11.1 Å². The molecule has 2 aromatic carbocycles. The maximum Gasteiger partial charge on any atom is 0.241 e. The van der Waals surface area contributed by atoms with E-state index < -0.39 is 17.7 Å². The summed E-state index contributed by atoms with van der Waals surface area (Å²) in [4.78, 5) is 12.6. The molecular formula is C23H29ClN2O3S. The van der Waals surface area contributed by atoms with Crippen molar-refractivity contribution in [3.63, 3.8) is 0 Å². The first-order chi connectivity index (χ1) is 15.2. The first kappa shape index (κ1) is 20.8. The molecule has 0 bridgehead atoms. The maximum absolute atomic E-state index is 12.6. The number of benzene rings is 2. The molecule has 0 heterocycles. The highest BCUT2D eigenvalue weighted by atomic mass is 35.5. The van der Waals surface area contributed by atoms with E-state index in [-0.39, 0.29) is 59.5 Å². The van der Waals surface area contributed by atoms with Gasteiger partial charge < -0.3 is 21.3 Å². The molecule has 1 unspecified atom stereocenters. The molecule has 0 spiro atoms. The molecule has 2 rings (SSSR count). The fourth-order valence-electron chi connectivity index (χ4n) is 2.75. The van der Waals surface area contributed by atoms with Gasteiger partial charge in [-0.15, -0.1) is 25.6 Å². The van der Waals surface area contributed by atoms with Gasteiger partial charge in [0.2, 0.25) is 5.91 Å². The Bertz CT molecular complexity index is 1050. The van der Waals surface area contributed by atoms with E-state index in [4.69, 9.17) is 9.85 Å². The number of carbonyl (C=O) groups excluding carboxylic acids is 1. The van der Waals surface area contributed by atoms with Gasteiger partial charge >= 0.3 is 0 Å². The number of phenols is 2. The Morgan fingerprint density at radius 2 is 2.03 bits per heavy atom. The lowest BCUT2D eigenvalue weighted by molar-refractivity contribution is -0.117. The van der Waals surface area contributed by atoms with E-state index in [2.05, 4.69) is 18.5 Å². The quantitative estimate of drug-likeness (QED) is 0.311. The largest absolute Gasteiger partial charge is 0.505 e. The van der Waals surface area contributed by atoms with Crippen molar-refractivity contribution in [2.75, 3.05) is 17.3 Å². The summed E-state index contributed by atoms with van der Waals surface area (Å²) in [6, 6.07) is 1.62. The molecule has 0 radical (unpaired) electrons. The minimum absolute atomic E-state index is 0. The molecule has 0 aliphatic rings. The van der Waals surface area contributed by atoms with Gasteiger partial charge in [-0.05, 0) is 48.5 Å². The van der Waals surface area contributed by atoms with Crippen LogP contribution >= 0.6 is 24.2 Å².